The van der Waals surface area contributed by atoms with Crippen molar-refractivity contribution in [3.05, 3.63) is 65.2 Å². The average molecular weight is 342 g/mol. The van der Waals surface area contributed by atoms with Crippen LogP contribution in [0, 0.1) is 0 Å². The Morgan fingerprint density at radius 3 is 2.42 bits per heavy atom. The van der Waals surface area contributed by atoms with Crippen molar-refractivity contribution in [1.29, 1.82) is 0 Å². The predicted molar refractivity (Wildman–Crippen MR) is 90.4 cm³/mol. The third-order valence-electron chi connectivity index (χ3n) is 4.76. The number of nitrogens with one attached hydrogen (secondary N) is 2. The molecule has 0 fully saturated rings. The topological polar surface area (TPSA) is 75.3 Å². The van der Waals surface area contributed by atoms with Crippen LogP contribution >= 0.6 is 0 Å². The van der Waals surface area contributed by atoms with E-state index in [9.17, 15) is 13.2 Å². The molecule has 0 saturated carbocycles. The highest BCUT2D eigenvalue weighted by molar-refractivity contribution is 7.91. The van der Waals surface area contributed by atoms with Gasteiger partial charge >= 0.3 is 6.03 Å². The summed E-state index contributed by atoms with van der Waals surface area (Å²) in [7, 11) is -3.32. The van der Waals surface area contributed by atoms with Crippen LogP contribution in [0.4, 0.5) is 4.79 Å². The lowest BCUT2D eigenvalue weighted by atomic mass is 10.1. The first-order chi connectivity index (χ1) is 11.5. The highest BCUT2D eigenvalue weighted by Crippen LogP contribution is 2.33. The van der Waals surface area contributed by atoms with E-state index in [-0.39, 0.29) is 17.8 Å². The van der Waals surface area contributed by atoms with Gasteiger partial charge in [-0.1, -0.05) is 42.5 Å². The summed E-state index contributed by atoms with van der Waals surface area (Å²) in [6.45, 7) is 0. The molecule has 0 spiro atoms. The fourth-order valence-electron chi connectivity index (χ4n) is 3.64. The zero-order valence-electron chi connectivity index (χ0n) is 13.0. The number of hydrogen-bond donors (Lipinski definition) is 2. The van der Waals surface area contributed by atoms with E-state index in [4.69, 9.17) is 0 Å². The van der Waals surface area contributed by atoms with Gasteiger partial charge in [0.2, 0.25) is 0 Å². The van der Waals surface area contributed by atoms with Crippen LogP contribution in [0.3, 0.4) is 0 Å². The number of hydrogen-bond acceptors (Lipinski definition) is 3. The van der Waals surface area contributed by atoms with Crippen LogP contribution in [0.25, 0.3) is 0 Å². The monoisotopic (exact) mass is 342 g/mol. The third-order valence-corrected chi connectivity index (χ3v) is 6.57. The molecule has 124 valence electrons. The molecule has 1 aliphatic carbocycles. The summed E-state index contributed by atoms with van der Waals surface area (Å²) in [5.74, 6) is -0.0823. The second-order valence-electron chi connectivity index (χ2n) is 6.28. The fourth-order valence-corrected chi connectivity index (χ4v) is 5.37. The first kappa shape index (κ1) is 15.2. The van der Waals surface area contributed by atoms with E-state index in [0.29, 0.717) is 10.5 Å². The molecule has 24 heavy (non-hydrogen) atoms. The van der Waals surface area contributed by atoms with E-state index in [1.54, 1.807) is 24.3 Å². The van der Waals surface area contributed by atoms with Crippen LogP contribution in [0.2, 0.25) is 0 Å². The van der Waals surface area contributed by atoms with Gasteiger partial charge in [0.05, 0.1) is 22.7 Å². The van der Waals surface area contributed by atoms with Crippen molar-refractivity contribution in [3.63, 3.8) is 0 Å². The van der Waals surface area contributed by atoms with Crippen molar-refractivity contribution in [3.8, 4) is 0 Å². The van der Waals surface area contributed by atoms with Crippen molar-refractivity contribution in [2.45, 2.75) is 29.8 Å². The molecular weight excluding hydrogens is 324 g/mol. The lowest BCUT2D eigenvalue weighted by molar-refractivity contribution is 0.234. The lowest BCUT2D eigenvalue weighted by Gasteiger charge is -2.18. The molecular formula is C18H18N2O3S. The molecule has 6 heteroatoms. The van der Waals surface area contributed by atoms with E-state index >= 15 is 0 Å². The molecule has 0 radical (unpaired) electrons. The van der Waals surface area contributed by atoms with Crippen molar-refractivity contribution in [2.75, 3.05) is 5.75 Å². The Morgan fingerprint density at radius 2 is 1.58 bits per heavy atom. The van der Waals surface area contributed by atoms with Gasteiger partial charge in [0.25, 0.3) is 0 Å². The summed E-state index contributed by atoms with van der Waals surface area (Å²) in [5.41, 5.74) is 3.07. The quantitative estimate of drug-likeness (QED) is 0.880. The predicted octanol–water partition coefficient (Wildman–Crippen LogP) is 2.50. The summed E-state index contributed by atoms with van der Waals surface area (Å²) in [5, 5.41) is 5.79. The molecule has 2 atom stereocenters. The molecule has 2 aliphatic rings. The Morgan fingerprint density at radius 1 is 0.917 bits per heavy atom. The molecule has 0 saturated heterocycles. The average Bonchev–Trinajstić information content (AvgIpc) is 3.08. The molecule has 2 amide bonds. The smallest absolute Gasteiger partial charge is 0.315 e. The molecule has 0 aromatic heterocycles. The summed E-state index contributed by atoms with van der Waals surface area (Å²) in [6.07, 6.45) is 1.81. The Hall–Kier alpha value is -2.34. The zero-order chi connectivity index (χ0) is 16.7. The van der Waals surface area contributed by atoms with Crippen LogP contribution in [0.5, 0.6) is 0 Å². The highest BCUT2D eigenvalue weighted by Gasteiger charge is 2.35. The first-order valence-corrected chi connectivity index (χ1v) is 9.66. The maximum atomic E-state index is 12.4. The highest BCUT2D eigenvalue weighted by atomic mass is 32.2. The number of carbonyl (C=O) groups is 1. The van der Waals surface area contributed by atoms with Gasteiger partial charge in [0.1, 0.15) is 0 Å². The second kappa shape index (κ2) is 5.63. The first-order valence-electron chi connectivity index (χ1n) is 8.01. The van der Waals surface area contributed by atoms with Crippen LogP contribution in [0.1, 0.15) is 35.2 Å². The minimum absolute atomic E-state index is 0.0190. The largest absolute Gasteiger partial charge is 0.331 e. The number of urea groups is 1. The van der Waals surface area contributed by atoms with Gasteiger partial charge in [-0.25, -0.2) is 13.2 Å². The van der Waals surface area contributed by atoms with E-state index in [2.05, 4.69) is 16.7 Å². The van der Waals surface area contributed by atoms with Gasteiger partial charge in [-0.2, -0.15) is 0 Å². The molecule has 0 unspecified atom stereocenters. The Bertz CT molecular complexity index is 908. The van der Waals surface area contributed by atoms with Gasteiger partial charge in [-0.3, -0.25) is 0 Å². The van der Waals surface area contributed by atoms with E-state index in [1.165, 1.54) is 5.56 Å². The minimum Gasteiger partial charge on any atom is -0.331 e. The molecule has 0 bridgehead atoms. The number of benzene rings is 2. The SMILES string of the molecule is O=C(N[C@@H]1CCc2ccccc21)N[C@@H]1CS(=O)(=O)c2ccccc21. The molecule has 2 N–H and O–H groups in total. The van der Waals surface area contributed by atoms with E-state index < -0.39 is 15.9 Å². The lowest BCUT2D eigenvalue weighted by Crippen LogP contribution is -2.40. The van der Waals surface area contributed by atoms with Gasteiger partial charge in [0.15, 0.2) is 9.84 Å². The van der Waals surface area contributed by atoms with Gasteiger partial charge in [0, 0.05) is 0 Å². The standard InChI is InChI=1S/C18H18N2O3S/c21-18(19-15-10-9-12-5-1-2-6-13(12)15)20-16-11-24(22,23)17-8-4-3-7-14(16)17/h1-8,15-16H,9-11H2,(H2,19,20,21)/t15-,16-/m1/s1. The molecule has 4 rings (SSSR count). The summed E-state index contributed by atoms with van der Waals surface area (Å²) in [4.78, 5) is 12.7. The van der Waals surface area contributed by atoms with Crippen LogP contribution in [-0.4, -0.2) is 20.2 Å². The Balaban J connectivity index is 1.49. The minimum atomic E-state index is -3.32. The number of fused-ring (bicyclic) bond motifs is 2. The van der Waals surface area contributed by atoms with Crippen molar-refractivity contribution in [2.24, 2.45) is 0 Å². The Kier molecular flexibility index (Phi) is 3.57. The molecule has 5 nitrogen and oxygen atoms in total. The van der Waals surface area contributed by atoms with Crippen molar-refractivity contribution < 1.29 is 13.2 Å². The van der Waals surface area contributed by atoms with Crippen LogP contribution in [0.15, 0.2) is 53.4 Å². The molecule has 2 aromatic rings. The number of rotatable bonds is 2. The number of amides is 2. The molecule has 1 heterocycles. The van der Waals surface area contributed by atoms with Crippen molar-refractivity contribution >= 4 is 15.9 Å². The van der Waals surface area contributed by atoms with E-state index in [1.807, 2.05) is 18.2 Å². The maximum absolute atomic E-state index is 12.4. The zero-order valence-corrected chi connectivity index (χ0v) is 13.8. The number of aryl methyl sites for hydroxylation is 1. The van der Waals surface area contributed by atoms with Crippen molar-refractivity contribution in [1.82, 2.24) is 10.6 Å². The van der Waals surface area contributed by atoms with Crippen LogP contribution in [-0.2, 0) is 16.3 Å². The van der Waals surface area contributed by atoms with Crippen LogP contribution < -0.4 is 10.6 Å². The summed E-state index contributed by atoms with van der Waals surface area (Å²) in [6, 6.07) is 14.1. The summed E-state index contributed by atoms with van der Waals surface area (Å²) < 4.78 is 24.4. The number of carbonyl (C=O) groups excluding carboxylic acids is 1. The third kappa shape index (κ3) is 2.57. The van der Waals surface area contributed by atoms with E-state index in [0.717, 1.165) is 18.4 Å². The fraction of sp³-hybridized carbons (Fsp3) is 0.278. The Labute approximate surface area is 141 Å². The van der Waals surface area contributed by atoms with Gasteiger partial charge in [-0.15, -0.1) is 0 Å². The second-order valence-corrected chi connectivity index (χ2v) is 8.28. The molecule has 1 aliphatic heterocycles. The van der Waals surface area contributed by atoms with Gasteiger partial charge < -0.3 is 10.6 Å². The molecule has 2 aromatic carbocycles. The normalized spacial score (nSPS) is 23.3. The van der Waals surface area contributed by atoms with Gasteiger partial charge in [-0.05, 0) is 35.6 Å². The maximum Gasteiger partial charge on any atom is 0.315 e. The summed E-state index contributed by atoms with van der Waals surface area (Å²) >= 11 is 0. The number of sulfone groups is 1.